The van der Waals surface area contributed by atoms with Crippen molar-refractivity contribution in [2.45, 2.75) is 19.1 Å². The second kappa shape index (κ2) is 6.33. The van der Waals surface area contributed by atoms with Crippen molar-refractivity contribution in [2.75, 3.05) is 0 Å². The van der Waals surface area contributed by atoms with Gasteiger partial charge >= 0.3 is 6.18 Å². The Balaban J connectivity index is 1.79. The van der Waals surface area contributed by atoms with Gasteiger partial charge in [0.15, 0.2) is 0 Å². The van der Waals surface area contributed by atoms with E-state index in [1.54, 1.807) is 6.08 Å². The lowest BCUT2D eigenvalue weighted by molar-refractivity contribution is -0.255. The van der Waals surface area contributed by atoms with E-state index >= 15 is 0 Å². The predicted molar refractivity (Wildman–Crippen MR) is 94.3 cm³/mol. The van der Waals surface area contributed by atoms with Crippen molar-refractivity contribution in [3.63, 3.8) is 0 Å². The van der Waals surface area contributed by atoms with Crippen molar-refractivity contribution < 1.29 is 23.1 Å². The highest BCUT2D eigenvalue weighted by atomic mass is 19.4. The summed E-state index contributed by atoms with van der Waals surface area (Å²) in [5.74, 6) is -0.988. The van der Waals surface area contributed by atoms with Gasteiger partial charge in [-0.25, -0.2) is 4.98 Å². The number of carboxylic acid groups (broad SMARTS) is 1. The number of allylic oxidation sites excluding steroid dienone is 1. The molecule has 0 fully saturated rings. The van der Waals surface area contributed by atoms with E-state index in [-0.39, 0.29) is 16.6 Å². The molecule has 1 aromatic heterocycles. The molecule has 0 bridgehead atoms. The highest BCUT2D eigenvalue weighted by molar-refractivity contribution is 5.92. The van der Waals surface area contributed by atoms with E-state index in [0.29, 0.717) is 35.3 Å². The minimum atomic E-state index is -4.41. The number of alkyl halides is 3. The summed E-state index contributed by atoms with van der Waals surface area (Å²) in [4.78, 5) is 28.1. The molecule has 0 N–H and O–H groups in total. The van der Waals surface area contributed by atoms with E-state index in [1.807, 2.05) is 0 Å². The summed E-state index contributed by atoms with van der Waals surface area (Å²) in [6, 6.07) is 8.67. The molecule has 8 heteroatoms. The lowest BCUT2D eigenvalue weighted by Crippen LogP contribution is -2.23. The molecule has 1 aliphatic rings. The molecule has 0 saturated carbocycles. The van der Waals surface area contributed by atoms with Crippen LogP contribution in [-0.4, -0.2) is 15.5 Å². The standard InChI is InChI=1S/C20H13F3N2O3/c21-20(22,23)14-4-1-11(2-5-14)9-12-7-8-25-17(12)24-16-10-13(19(27)28)3-6-15(16)18(25)26/h1-6,9-10H,7-8H2,(H,27,28)/p-1/b12-9+. The molecule has 28 heavy (non-hydrogen) atoms. The maximum atomic E-state index is 12.7. The van der Waals surface area contributed by atoms with E-state index in [0.717, 1.165) is 12.1 Å². The van der Waals surface area contributed by atoms with Crippen molar-refractivity contribution in [3.8, 4) is 0 Å². The molecule has 0 unspecified atom stereocenters. The molecule has 0 saturated heterocycles. The Bertz CT molecular complexity index is 1190. The lowest BCUT2D eigenvalue weighted by Gasteiger charge is -2.08. The van der Waals surface area contributed by atoms with E-state index < -0.39 is 17.7 Å². The fourth-order valence-electron chi connectivity index (χ4n) is 3.25. The molecule has 142 valence electrons. The summed E-state index contributed by atoms with van der Waals surface area (Å²) in [5.41, 5.74) is 0.359. The number of hydrogen-bond acceptors (Lipinski definition) is 4. The summed E-state index contributed by atoms with van der Waals surface area (Å²) in [6.45, 7) is 0.395. The second-order valence-corrected chi connectivity index (χ2v) is 6.45. The smallest absolute Gasteiger partial charge is 0.416 e. The number of fused-ring (bicyclic) bond motifs is 2. The molecule has 5 nitrogen and oxygen atoms in total. The lowest BCUT2D eigenvalue weighted by atomic mass is 10.1. The molecule has 0 spiro atoms. The normalized spacial score (nSPS) is 15.2. The van der Waals surface area contributed by atoms with Crippen molar-refractivity contribution in [1.82, 2.24) is 9.55 Å². The summed E-state index contributed by atoms with van der Waals surface area (Å²) < 4.78 is 39.6. The topological polar surface area (TPSA) is 75.0 Å². The van der Waals surface area contributed by atoms with Crippen LogP contribution in [0.25, 0.3) is 22.6 Å². The number of aromatic carboxylic acids is 1. The van der Waals surface area contributed by atoms with Gasteiger partial charge in [-0.1, -0.05) is 18.2 Å². The third-order valence-electron chi connectivity index (χ3n) is 4.66. The monoisotopic (exact) mass is 385 g/mol. The van der Waals surface area contributed by atoms with Crippen molar-refractivity contribution in [3.05, 3.63) is 75.3 Å². The number of nitrogens with zero attached hydrogens (tertiary/aromatic N) is 2. The highest BCUT2D eigenvalue weighted by Crippen LogP contribution is 2.31. The molecule has 4 rings (SSSR count). The zero-order valence-electron chi connectivity index (χ0n) is 14.3. The first-order chi connectivity index (χ1) is 13.2. The Morgan fingerprint density at radius 3 is 2.50 bits per heavy atom. The van der Waals surface area contributed by atoms with Gasteiger partial charge in [-0.05, 0) is 53.5 Å². The number of benzene rings is 2. The largest absolute Gasteiger partial charge is 0.545 e. The molecule has 3 aromatic rings. The van der Waals surface area contributed by atoms with Crippen LogP contribution in [0.2, 0.25) is 0 Å². The Morgan fingerprint density at radius 1 is 1.14 bits per heavy atom. The molecule has 2 heterocycles. The second-order valence-electron chi connectivity index (χ2n) is 6.45. The SMILES string of the molecule is O=C([O-])c1ccc2c(=O)n3c(nc2c1)/C(=C/c1ccc(C(F)(F)F)cc1)CC3. The third-order valence-corrected chi connectivity index (χ3v) is 4.66. The van der Waals surface area contributed by atoms with Crippen LogP contribution in [0, 0.1) is 0 Å². The van der Waals surface area contributed by atoms with Gasteiger partial charge in [0.1, 0.15) is 5.82 Å². The molecule has 0 radical (unpaired) electrons. The summed E-state index contributed by atoms with van der Waals surface area (Å²) >= 11 is 0. The Morgan fingerprint density at radius 2 is 1.86 bits per heavy atom. The fraction of sp³-hybridized carbons (Fsp3) is 0.150. The summed E-state index contributed by atoms with van der Waals surface area (Å²) in [6.07, 6.45) is -2.23. The summed E-state index contributed by atoms with van der Waals surface area (Å²) in [7, 11) is 0. The number of carbonyl (C=O) groups excluding carboxylic acids is 1. The fourth-order valence-corrected chi connectivity index (χ4v) is 3.25. The molecule has 0 aliphatic carbocycles. The van der Waals surface area contributed by atoms with Crippen LogP contribution in [0.3, 0.4) is 0 Å². The first-order valence-corrected chi connectivity index (χ1v) is 8.38. The van der Waals surface area contributed by atoms with Gasteiger partial charge < -0.3 is 9.90 Å². The first-order valence-electron chi connectivity index (χ1n) is 8.38. The number of aromatic nitrogens is 2. The molecular weight excluding hydrogens is 373 g/mol. The number of rotatable bonds is 2. The predicted octanol–water partition coefficient (Wildman–Crippen LogP) is 2.72. The minimum Gasteiger partial charge on any atom is -0.545 e. The van der Waals surface area contributed by atoms with E-state index in [1.165, 1.54) is 34.9 Å². The van der Waals surface area contributed by atoms with Gasteiger partial charge in [0.25, 0.3) is 5.56 Å². The number of hydrogen-bond donors (Lipinski definition) is 0. The Hall–Kier alpha value is -3.42. The zero-order valence-corrected chi connectivity index (χ0v) is 14.3. The van der Waals surface area contributed by atoms with E-state index in [4.69, 9.17) is 0 Å². The van der Waals surface area contributed by atoms with Gasteiger partial charge in [0, 0.05) is 6.54 Å². The first kappa shape index (κ1) is 18.0. The quantitative estimate of drug-likeness (QED) is 0.680. The van der Waals surface area contributed by atoms with Crippen molar-refractivity contribution in [2.24, 2.45) is 0 Å². The van der Waals surface area contributed by atoms with Gasteiger partial charge in [0.2, 0.25) is 0 Å². The Kier molecular flexibility index (Phi) is 4.06. The number of halogens is 3. The maximum absolute atomic E-state index is 12.7. The van der Waals surface area contributed by atoms with Crippen LogP contribution < -0.4 is 10.7 Å². The average Bonchev–Trinajstić information content (AvgIpc) is 3.04. The van der Waals surface area contributed by atoms with Crippen LogP contribution in [0.15, 0.2) is 47.3 Å². The van der Waals surface area contributed by atoms with Crippen LogP contribution in [-0.2, 0) is 12.7 Å². The average molecular weight is 385 g/mol. The van der Waals surface area contributed by atoms with Gasteiger partial charge in [-0.3, -0.25) is 9.36 Å². The van der Waals surface area contributed by atoms with Crippen molar-refractivity contribution in [1.29, 1.82) is 0 Å². The van der Waals surface area contributed by atoms with Gasteiger partial charge in [-0.15, -0.1) is 0 Å². The highest BCUT2D eigenvalue weighted by Gasteiger charge is 2.30. The van der Waals surface area contributed by atoms with Crippen LogP contribution >= 0.6 is 0 Å². The number of carboxylic acids is 1. The minimum absolute atomic E-state index is 0.0874. The van der Waals surface area contributed by atoms with Gasteiger partial charge in [-0.2, -0.15) is 13.2 Å². The molecule has 0 atom stereocenters. The zero-order chi connectivity index (χ0) is 20.1. The van der Waals surface area contributed by atoms with Crippen LogP contribution in [0.1, 0.15) is 33.7 Å². The van der Waals surface area contributed by atoms with Crippen LogP contribution in [0.5, 0.6) is 0 Å². The third kappa shape index (κ3) is 3.06. The molecule has 1 aliphatic heterocycles. The molecular formula is C20H12F3N2O3-. The van der Waals surface area contributed by atoms with Gasteiger partial charge in [0.05, 0.1) is 22.4 Å². The van der Waals surface area contributed by atoms with E-state index in [2.05, 4.69) is 4.98 Å². The maximum Gasteiger partial charge on any atom is 0.416 e. The van der Waals surface area contributed by atoms with Crippen molar-refractivity contribution >= 4 is 28.5 Å². The molecule has 2 aromatic carbocycles. The molecule has 0 amide bonds. The summed E-state index contributed by atoms with van der Waals surface area (Å²) in [5, 5.41) is 11.3. The number of carbonyl (C=O) groups is 1. The van der Waals surface area contributed by atoms with E-state index in [9.17, 15) is 27.9 Å². The Labute approximate surface area is 156 Å². The van der Waals surface area contributed by atoms with Crippen LogP contribution in [0.4, 0.5) is 13.2 Å².